The van der Waals surface area contributed by atoms with Gasteiger partial charge in [-0.3, -0.25) is 4.79 Å². The summed E-state index contributed by atoms with van der Waals surface area (Å²) in [5.41, 5.74) is 6.48. The molecule has 1 amide bonds. The molecule has 1 aliphatic carbocycles. The van der Waals surface area contributed by atoms with Gasteiger partial charge in [-0.25, -0.2) is 4.39 Å². The molecule has 1 fully saturated rings. The Hall–Kier alpha value is -1.58. The fraction of sp³-hybridized carbons (Fsp3) is 0.562. The summed E-state index contributed by atoms with van der Waals surface area (Å²) in [6.07, 6.45) is 4.39. The van der Waals surface area contributed by atoms with E-state index in [9.17, 15) is 9.18 Å². The van der Waals surface area contributed by atoms with Crippen LogP contribution >= 0.6 is 0 Å². The summed E-state index contributed by atoms with van der Waals surface area (Å²) in [6.45, 7) is 4.87. The molecular weight excluding hydrogens is 255 g/mol. The van der Waals surface area contributed by atoms with Crippen molar-refractivity contribution in [2.24, 2.45) is 5.92 Å². The Bertz CT molecular complexity index is 481. The molecule has 3 nitrogen and oxygen atoms in total. The van der Waals surface area contributed by atoms with Gasteiger partial charge in [-0.15, -0.1) is 0 Å². The number of halogens is 1. The zero-order valence-electron chi connectivity index (χ0n) is 12.2. The Kier molecular flexibility index (Phi) is 4.63. The fourth-order valence-electron chi connectivity index (χ4n) is 2.88. The van der Waals surface area contributed by atoms with E-state index in [1.807, 2.05) is 4.90 Å². The predicted octanol–water partition coefficient (Wildman–Crippen LogP) is 3.45. The number of nitrogens with two attached hydrogens (primary N) is 1. The average molecular weight is 278 g/mol. The zero-order valence-corrected chi connectivity index (χ0v) is 12.2. The molecule has 2 N–H and O–H groups in total. The molecule has 4 heteroatoms. The van der Waals surface area contributed by atoms with Gasteiger partial charge in [0.05, 0.1) is 5.56 Å². The van der Waals surface area contributed by atoms with Gasteiger partial charge in [0, 0.05) is 18.3 Å². The predicted molar refractivity (Wildman–Crippen MR) is 78.9 cm³/mol. The topological polar surface area (TPSA) is 46.3 Å². The molecule has 1 aromatic carbocycles. The number of nitrogen functional groups attached to an aromatic ring is 1. The van der Waals surface area contributed by atoms with E-state index >= 15 is 0 Å². The van der Waals surface area contributed by atoms with Crippen molar-refractivity contribution in [2.75, 3.05) is 12.3 Å². The van der Waals surface area contributed by atoms with Crippen LogP contribution in [0.5, 0.6) is 0 Å². The van der Waals surface area contributed by atoms with Crippen molar-refractivity contribution in [2.45, 2.75) is 45.6 Å². The highest BCUT2D eigenvalue weighted by Crippen LogP contribution is 2.27. The number of rotatable bonds is 4. The first kappa shape index (κ1) is 14.8. The van der Waals surface area contributed by atoms with Crippen LogP contribution in [0.4, 0.5) is 10.1 Å². The van der Waals surface area contributed by atoms with Crippen molar-refractivity contribution in [1.82, 2.24) is 4.90 Å². The van der Waals surface area contributed by atoms with Crippen LogP contribution in [0.2, 0.25) is 0 Å². The van der Waals surface area contributed by atoms with E-state index in [2.05, 4.69) is 13.8 Å². The summed E-state index contributed by atoms with van der Waals surface area (Å²) in [7, 11) is 0. The molecule has 0 atom stereocenters. The zero-order chi connectivity index (χ0) is 14.7. The summed E-state index contributed by atoms with van der Waals surface area (Å²) in [5.74, 6) is -0.171. The third-order valence-electron chi connectivity index (χ3n) is 3.83. The van der Waals surface area contributed by atoms with Crippen molar-refractivity contribution in [3.8, 4) is 0 Å². The molecule has 0 radical (unpaired) electrons. The van der Waals surface area contributed by atoms with E-state index in [-0.39, 0.29) is 17.5 Å². The number of nitrogens with zero attached hydrogens (tertiary/aromatic N) is 1. The summed E-state index contributed by atoms with van der Waals surface area (Å²) in [4.78, 5) is 14.6. The third kappa shape index (κ3) is 3.30. The number of benzene rings is 1. The molecule has 2 rings (SSSR count). The normalized spacial score (nSPS) is 15.8. The van der Waals surface area contributed by atoms with Crippen molar-refractivity contribution in [3.63, 3.8) is 0 Å². The molecule has 0 saturated heterocycles. The second-order valence-corrected chi connectivity index (χ2v) is 6.02. The highest BCUT2D eigenvalue weighted by molar-refractivity contribution is 5.99. The minimum Gasteiger partial charge on any atom is -0.398 e. The molecule has 110 valence electrons. The lowest BCUT2D eigenvalue weighted by molar-refractivity contribution is 0.0656. The van der Waals surface area contributed by atoms with Gasteiger partial charge in [0.25, 0.3) is 5.91 Å². The van der Waals surface area contributed by atoms with Gasteiger partial charge >= 0.3 is 0 Å². The van der Waals surface area contributed by atoms with Crippen LogP contribution < -0.4 is 5.73 Å². The molecule has 0 unspecified atom stereocenters. The monoisotopic (exact) mass is 278 g/mol. The first-order chi connectivity index (χ1) is 9.49. The van der Waals surface area contributed by atoms with Crippen molar-refractivity contribution in [1.29, 1.82) is 0 Å². The highest BCUT2D eigenvalue weighted by atomic mass is 19.1. The molecule has 0 aliphatic heterocycles. The van der Waals surface area contributed by atoms with Crippen LogP contribution in [-0.4, -0.2) is 23.4 Å². The van der Waals surface area contributed by atoms with Crippen LogP contribution in [0.1, 0.15) is 49.9 Å². The Morgan fingerprint density at radius 3 is 2.65 bits per heavy atom. The van der Waals surface area contributed by atoms with E-state index < -0.39 is 5.82 Å². The molecular formula is C16H23FN2O. The Morgan fingerprint density at radius 1 is 1.40 bits per heavy atom. The van der Waals surface area contributed by atoms with Crippen molar-refractivity contribution >= 4 is 11.6 Å². The summed E-state index contributed by atoms with van der Waals surface area (Å²) in [5, 5.41) is 0. The maximum Gasteiger partial charge on any atom is 0.256 e. The highest BCUT2D eigenvalue weighted by Gasteiger charge is 2.28. The number of carbonyl (C=O) groups is 1. The van der Waals surface area contributed by atoms with Gasteiger partial charge in [-0.2, -0.15) is 0 Å². The quantitative estimate of drug-likeness (QED) is 0.857. The van der Waals surface area contributed by atoms with Gasteiger partial charge in [0.2, 0.25) is 0 Å². The molecule has 1 aromatic rings. The minimum atomic E-state index is -0.418. The van der Waals surface area contributed by atoms with Crippen LogP contribution in [0.3, 0.4) is 0 Å². The van der Waals surface area contributed by atoms with Crippen LogP contribution in [0.25, 0.3) is 0 Å². The SMILES string of the molecule is CC(C)CN(C(=O)c1cc(F)ccc1N)C1CCCC1. The van der Waals surface area contributed by atoms with E-state index in [1.165, 1.54) is 18.2 Å². The number of carbonyl (C=O) groups excluding carboxylic acids is 1. The lowest BCUT2D eigenvalue weighted by Gasteiger charge is -2.31. The van der Waals surface area contributed by atoms with Crippen molar-refractivity contribution < 1.29 is 9.18 Å². The lowest BCUT2D eigenvalue weighted by atomic mass is 10.1. The van der Waals surface area contributed by atoms with Gasteiger partial charge in [0.15, 0.2) is 0 Å². The van der Waals surface area contributed by atoms with E-state index in [0.29, 0.717) is 18.2 Å². The van der Waals surface area contributed by atoms with Gasteiger partial charge < -0.3 is 10.6 Å². The Labute approximate surface area is 120 Å². The molecule has 1 saturated carbocycles. The third-order valence-corrected chi connectivity index (χ3v) is 3.83. The van der Waals surface area contributed by atoms with Gasteiger partial charge in [-0.1, -0.05) is 26.7 Å². The maximum atomic E-state index is 13.4. The second kappa shape index (κ2) is 6.25. The molecule has 20 heavy (non-hydrogen) atoms. The largest absolute Gasteiger partial charge is 0.398 e. The second-order valence-electron chi connectivity index (χ2n) is 6.02. The first-order valence-corrected chi connectivity index (χ1v) is 7.35. The molecule has 0 heterocycles. The maximum absolute atomic E-state index is 13.4. The number of hydrogen-bond donors (Lipinski definition) is 1. The lowest BCUT2D eigenvalue weighted by Crippen LogP contribution is -2.41. The number of anilines is 1. The average Bonchev–Trinajstić information content (AvgIpc) is 2.91. The first-order valence-electron chi connectivity index (χ1n) is 7.35. The summed E-state index contributed by atoms with van der Waals surface area (Å²) >= 11 is 0. The number of hydrogen-bond acceptors (Lipinski definition) is 2. The summed E-state index contributed by atoms with van der Waals surface area (Å²) in [6, 6.07) is 4.27. The van der Waals surface area contributed by atoms with Crippen LogP contribution in [0, 0.1) is 11.7 Å². The van der Waals surface area contributed by atoms with Gasteiger partial charge in [0.1, 0.15) is 5.82 Å². The van der Waals surface area contributed by atoms with E-state index in [0.717, 1.165) is 25.7 Å². The Morgan fingerprint density at radius 2 is 2.05 bits per heavy atom. The molecule has 0 spiro atoms. The molecule has 0 aromatic heterocycles. The smallest absolute Gasteiger partial charge is 0.256 e. The van der Waals surface area contributed by atoms with Gasteiger partial charge in [-0.05, 0) is 37.0 Å². The molecule has 1 aliphatic rings. The van der Waals surface area contributed by atoms with E-state index in [1.54, 1.807) is 0 Å². The number of amides is 1. The molecule has 0 bridgehead atoms. The van der Waals surface area contributed by atoms with Crippen molar-refractivity contribution in [3.05, 3.63) is 29.6 Å². The van der Waals surface area contributed by atoms with Crippen LogP contribution in [-0.2, 0) is 0 Å². The van der Waals surface area contributed by atoms with Crippen LogP contribution in [0.15, 0.2) is 18.2 Å². The van der Waals surface area contributed by atoms with E-state index in [4.69, 9.17) is 5.73 Å². The Balaban J connectivity index is 2.27. The standard InChI is InChI=1S/C16H23FN2O/c1-11(2)10-19(13-5-3-4-6-13)16(20)14-9-12(17)7-8-15(14)18/h7-9,11,13H,3-6,10,18H2,1-2H3. The fourth-order valence-corrected chi connectivity index (χ4v) is 2.88. The summed E-state index contributed by atoms with van der Waals surface area (Å²) < 4.78 is 13.4. The minimum absolute atomic E-state index is 0.136.